The predicted molar refractivity (Wildman–Crippen MR) is 88.2 cm³/mol. The molecule has 0 bridgehead atoms. The molecule has 1 rings (SSSR count). The summed E-state index contributed by atoms with van der Waals surface area (Å²) in [5.41, 5.74) is -0.403. The van der Waals surface area contributed by atoms with Gasteiger partial charge in [-0.2, -0.15) is 0 Å². The molecule has 0 saturated carbocycles. The van der Waals surface area contributed by atoms with E-state index in [0.29, 0.717) is 11.1 Å². The van der Waals surface area contributed by atoms with E-state index in [1.807, 2.05) is 46.7 Å². The minimum absolute atomic E-state index is 0.0257. The van der Waals surface area contributed by atoms with Crippen molar-refractivity contribution in [1.82, 2.24) is 25.7 Å². The second kappa shape index (κ2) is 8.30. The molecule has 0 aliphatic heterocycles. The first-order chi connectivity index (χ1) is 10.6. The summed E-state index contributed by atoms with van der Waals surface area (Å²) in [6, 6.07) is -0.476. The molecule has 1 aromatic rings. The van der Waals surface area contributed by atoms with Crippen LogP contribution in [0.1, 0.15) is 46.0 Å². The standard InChI is InChI=1S/C14H25N5O3S/c1-7-9(19(5)6)11-17-18-13(22-11)23-8-10(20)15-12(21)16-14(2,3)4/h9H,7-8H2,1-6H3,(H2,15,16,20,21)/t9-/m0/s1. The van der Waals surface area contributed by atoms with E-state index in [2.05, 4.69) is 20.8 Å². The Morgan fingerprint density at radius 1 is 1.30 bits per heavy atom. The molecule has 1 aromatic heterocycles. The highest BCUT2D eigenvalue weighted by Gasteiger charge is 2.20. The number of imide groups is 1. The largest absolute Gasteiger partial charge is 0.414 e. The second-order valence-electron chi connectivity index (χ2n) is 6.33. The van der Waals surface area contributed by atoms with Crippen LogP contribution in [0.4, 0.5) is 4.79 Å². The molecule has 8 nitrogen and oxygen atoms in total. The molecule has 0 fully saturated rings. The van der Waals surface area contributed by atoms with Crippen LogP contribution in [0.25, 0.3) is 0 Å². The molecule has 2 N–H and O–H groups in total. The summed E-state index contributed by atoms with van der Waals surface area (Å²) < 4.78 is 5.55. The van der Waals surface area contributed by atoms with E-state index < -0.39 is 17.5 Å². The Hall–Kier alpha value is -1.61. The number of aromatic nitrogens is 2. The van der Waals surface area contributed by atoms with Gasteiger partial charge in [-0.25, -0.2) is 4.79 Å². The van der Waals surface area contributed by atoms with Crippen molar-refractivity contribution in [2.45, 2.75) is 50.9 Å². The first kappa shape index (κ1) is 19.4. The average Bonchev–Trinajstić information content (AvgIpc) is 2.83. The van der Waals surface area contributed by atoms with E-state index in [1.54, 1.807) is 0 Å². The minimum Gasteiger partial charge on any atom is -0.414 e. The molecule has 1 atom stereocenters. The van der Waals surface area contributed by atoms with Crippen LogP contribution in [0, 0.1) is 0 Å². The quantitative estimate of drug-likeness (QED) is 0.760. The molecule has 0 spiro atoms. The second-order valence-corrected chi connectivity index (χ2v) is 7.26. The summed E-state index contributed by atoms with van der Waals surface area (Å²) in [5.74, 6) is 0.125. The average molecular weight is 343 g/mol. The highest BCUT2D eigenvalue weighted by atomic mass is 32.2. The van der Waals surface area contributed by atoms with Gasteiger partial charge in [-0.1, -0.05) is 18.7 Å². The molecule has 0 aliphatic rings. The summed E-state index contributed by atoms with van der Waals surface area (Å²) >= 11 is 1.10. The van der Waals surface area contributed by atoms with Gasteiger partial charge in [0.25, 0.3) is 5.22 Å². The lowest BCUT2D eigenvalue weighted by Gasteiger charge is -2.20. The molecule has 0 aliphatic carbocycles. The highest BCUT2D eigenvalue weighted by molar-refractivity contribution is 7.99. The zero-order chi connectivity index (χ0) is 17.6. The van der Waals surface area contributed by atoms with Gasteiger partial charge < -0.3 is 9.73 Å². The summed E-state index contributed by atoms with van der Waals surface area (Å²) in [7, 11) is 3.87. The van der Waals surface area contributed by atoms with Gasteiger partial charge in [-0.05, 0) is 41.3 Å². The third-order valence-corrected chi connectivity index (χ3v) is 3.60. The summed E-state index contributed by atoms with van der Waals surface area (Å²) in [6.45, 7) is 7.53. The Labute approximate surface area is 140 Å². The lowest BCUT2D eigenvalue weighted by molar-refractivity contribution is -0.117. The molecule has 0 aromatic carbocycles. The maximum absolute atomic E-state index is 11.7. The van der Waals surface area contributed by atoms with Crippen LogP contribution in [-0.4, -0.2) is 52.4 Å². The number of rotatable bonds is 6. The third kappa shape index (κ3) is 7.00. The molecular weight excluding hydrogens is 318 g/mol. The Morgan fingerprint density at radius 3 is 2.48 bits per heavy atom. The fourth-order valence-electron chi connectivity index (χ4n) is 1.84. The van der Waals surface area contributed by atoms with Crippen molar-refractivity contribution in [3.63, 3.8) is 0 Å². The number of hydrogen-bond donors (Lipinski definition) is 2. The Kier molecular flexibility index (Phi) is 7.01. The number of urea groups is 1. The van der Waals surface area contributed by atoms with Crippen molar-refractivity contribution < 1.29 is 14.0 Å². The molecular formula is C14H25N5O3S. The van der Waals surface area contributed by atoms with Gasteiger partial charge in [-0.3, -0.25) is 15.0 Å². The number of nitrogens with zero attached hydrogens (tertiary/aromatic N) is 3. The maximum Gasteiger partial charge on any atom is 0.321 e. The summed E-state index contributed by atoms with van der Waals surface area (Å²) in [5, 5.41) is 13.1. The van der Waals surface area contributed by atoms with Crippen molar-refractivity contribution in [1.29, 1.82) is 0 Å². The normalized spacial score (nSPS) is 13.0. The Bertz CT molecular complexity index is 539. The van der Waals surface area contributed by atoms with Crippen molar-refractivity contribution in [3.05, 3.63) is 5.89 Å². The monoisotopic (exact) mass is 343 g/mol. The van der Waals surface area contributed by atoms with Gasteiger partial charge in [0.1, 0.15) is 0 Å². The third-order valence-electron chi connectivity index (χ3n) is 2.79. The number of carbonyl (C=O) groups excluding carboxylic acids is 2. The van der Waals surface area contributed by atoms with Crippen LogP contribution in [0.3, 0.4) is 0 Å². The van der Waals surface area contributed by atoms with Gasteiger partial charge in [-0.15, -0.1) is 10.2 Å². The number of carbonyl (C=O) groups is 2. The SMILES string of the molecule is CC[C@@H](c1nnc(SCC(=O)NC(=O)NC(C)(C)C)o1)N(C)C. The van der Waals surface area contributed by atoms with Crippen LogP contribution >= 0.6 is 11.8 Å². The van der Waals surface area contributed by atoms with Crippen LogP contribution in [0.5, 0.6) is 0 Å². The van der Waals surface area contributed by atoms with Crippen LogP contribution in [0.2, 0.25) is 0 Å². The molecule has 0 radical (unpaired) electrons. The van der Waals surface area contributed by atoms with Gasteiger partial charge in [0.05, 0.1) is 11.8 Å². The summed E-state index contributed by atoms with van der Waals surface area (Å²) in [6.07, 6.45) is 0.840. The van der Waals surface area contributed by atoms with E-state index >= 15 is 0 Å². The number of hydrogen-bond acceptors (Lipinski definition) is 7. The minimum atomic E-state index is -0.520. The van der Waals surface area contributed by atoms with Crippen molar-refractivity contribution in [2.24, 2.45) is 0 Å². The van der Waals surface area contributed by atoms with Gasteiger partial charge >= 0.3 is 6.03 Å². The summed E-state index contributed by atoms with van der Waals surface area (Å²) in [4.78, 5) is 25.3. The molecule has 3 amide bonds. The Morgan fingerprint density at radius 2 is 1.96 bits per heavy atom. The first-order valence-electron chi connectivity index (χ1n) is 7.37. The number of nitrogens with one attached hydrogen (secondary N) is 2. The molecule has 1 heterocycles. The van der Waals surface area contributed by atoms with Crippen LogP contribution < -0.4 is 10.6 Å². The Balaban J connectivity index is 2.48. The van der Waals surface area contributed by atoms with Crippen molar-refractivity contribution in [3.8, 4) is 0 Å². The molecule has 130 valence electrons. The lowest BCUT2D eigenvalue weighted by Crippen LogP contribution is -2.48. The molecule has 9 heteroatoms. The fraction of sp³-hybridized carbons (Fsp3) is 0.714. The zero-order valence-electron chi connectivity index (χ0n) is 14.5. The lowest BCUT2D eigenvalue weighted by atomic mass is 10.1. The fourth-order valence-corrected chi connectivity index (χ4v) is 2.41. The smallest absolute Gasteiger partial charge is 0.321 e. The van der Waals surface area contributed by atoms with Crippen LogP contribution in [-0.2, 0) is 4.79 Å². The van der Waals surface area contributed by atoms with Crippen molar-refractivity contribution >= 4 is 23.7 Å². The molecule has 0 unspecified atom stereocenters. The first-order valence-corrected chi connectivity index (χ1v) is 8.35. The molecule has 0 saturated heterocycles. The van der Waals surface area contributed by atoms with Gasteiger partial charge in [0.15, 0.2) is 0 Å². The predicted octanol–water partition coefficient (Wildman–Crippen LogP) is 1.80. The van der Waals surface area contributed by atoms with E-state index in [-0.39, 0.29) is 11.8 Å². The maximum atomic E-state index is 11.7. The van der Waals surface area contributed by atoms with E-state index in [4.69, 9.17) is 4.42 Å². The van der Waals surface area contributed by atoms with Gasteiger partial charge in [0.2, 0.25) is 11.8 Å². The van der Waals surface area contributed by atoms with Crippen molar-refractivity contribution in [2.75, 3.05) is 19.8 Å². The number of thioether (sulfide) groups is 1. The van der Waals surface area contributed by atoms with E-state index in [1.165, 1.54) is 0 Å². The highest BCUT2D eigenvalue weighted by Crippen LogP contribution is 2.24. The van der Waals surface area contributed by atoms with E-state index in [0.717, 1.165) is 18.2 Å². The van der Waals surface area contributed by atoms with E-state index in [9.17, 15) is 9.59 Å². The molecule has 23 heavy (non-hydrogen) atoms. The van der Waals surface area contributed by atoms with Crippen LogP contribution in [0.15, 0.2) is 9.64 Å². The number of amides is 3. The zero-order valence-corrected chi connectivity index (χ0v) is 15.3. The van der Waals surface area contributed by atoms with Gasteiger partial charge in [0, 0.05) is 5.54 Å². The topological polar surface area (TPSA) is 100 Å².